The van der Waals surface area contributed by atoms with Gasteiger partial charge in [0.2, 0.25) is 10.0 Å². The molecule has 1 unspecified atom stereocenters. The number of aromatic amines is 1. The predicted octanol–water partition coefficient (Wildman–Crippen LogP) is 1.48. The summed E-state index contributed by atoms with van der Waals surface area (Å²) < 4.78 is 22.6. The molecule has 0 aliphatic rings. The molecule has 0 aliphatic carbocycles. The predicted molar refractivity (Wildman–Crippen MR) is 114 cm³/mol. The molecule has 0 saturated carbocycles. The highest BCUT2D eigenvalue weighted by Gasteiger charge is 2.20. The summed E-state index contributed by atoms with van der Waals surface area (Å²) in [6.07, 6.45) is 2.05. The van der Waals surface area contributed by atoms with Gasteiger partial charge in [0.25, 0.3) is 0 Å². The van der Waals surface area contributed by atoms with Crippen molar-refractivity contribution in [2.45, 2.75) is 23.9 Å². The Bertz CT molecular complexity index is 1140. The number of fused-ring (bicyclic) bond motifs is 1. The maximum Gasteiger partial charge on any atom is 0.326 e. The van der Waals surface area contributed by atoms with Gasteiger partial charge >= 0.3 is 5.97 Å². The monoisotopic (exact) mass is 432 g/mol. The number of carboxylic acids is 1. The van der Waals surface area contributed by atoms with Crippen LogP contribution in [0.1, 0.15) is 11.1 Å². The van der Waals surface area contributed by atoms with Crippen LogP contribution in [0, 0.1) is 0 Å². The lowest BCUT2D eigenvalue weighted by Gasteiger charge is -2.17. The molecule has 0 spiro atoms. The van der Waals surface area contributed by atoms with E-state index in [2.05, 4.69) is 15.6 Å². The minimum Gasteiger partial charge on any atom is -0.480 e. The second kappa shape index (κ2) is 8.60. The largest absolute Gasteiger partial charge is 0.480 e. The van der Waals surface area contributed by atoms with Crippen LogP contribution in [0.2, 0.25) is 0 Å². The molecule has 10 heteroatoms. The fourth-order valence-corrected chi connectivity index (χ4v) is 3.64. The number of nitrogens with two attached hydrogens (primary N) is 1. The van der Waals surface area contributed by atoms with Crippen molar-refractivity contribution in [3.63, 3.8) is 0 Å². The number of thiocarbonyl (C=S) groups is 1. The third kappa shape index (κ3) is 5.31. The van der Waals surface area contributed by atoms with E-state index in [9.17, 15) is 18.3 Å². The highest BCUT2D eigenvalue weighted by Crippen LogP contribution is 2.19. The molecule has 0 saturated heterocycles. The fourth-order valence-electron chi connectivity index (χ4n) is 2.91. The molecule has 1 heterocycles. The van der Waals surface area contributed by atoms with E-state index in [-0.39, 0.29) is 16.4 Å². The summed E-state index contributed by atoms with van der Waals surface area (Å²) >= 11 is 5.22. The topological polar surface area (TPSA) is 137 Å². The van der Waals surface area contributed by atoms with Crippen molar-refractivity contribution in [3.05, 3.63) is 65.9 Å². The van der Waals surface area contributed by atoms with Gasteiger partial charge in [0.05, 0.1) is 4.90 Å². The van der Waals surface area contributed by atoms with Crippen LogP contribution in [0.4, 0.5) is 0 Å². The Morgan fingerprint density at radius 2 is 1.86 bits per heavy atom. The lowest BCUT2D eigenvalue weighted by Crippen LogP contribution is -2.46. The van der Waals surface area contributed by atoms with Crippen LogP contribution in [-0.2, 0) is 27.8 Å². The molecule has 152 valence electrons. The molecule has 0 radical (unpaired) electrons. The summed E-state index contributed by atoms with van der Waals surface area (Å²) in [5.74, 6) is -1.02. The Hall–Kier alpha value is -2.95. The van der Waals surface area contributed by atoms with E-state index in [0.29, 0.717) is 6.54 Å². The zero-order valence-electron chi connectivity index (χ0n) is 15.3. The maximum absolute atomic E-state index is 11.7. The number of nitrogens with one attached hydrogen (secondary N) is 3. The first-order valence-corrected chi connectivity index (χ1v) is 10.6. The Labute approximate surface area is 173 Å². The molecule has 0 aliphatic heterocycles. The molecule has 6 N–H and O–H groups in total. The van der Waals surface area contributed by atoms with E-state index in [0.717, 1.165) is 22.0 Å². The van der Waals surface area contributed by atoms with E-state index in [1.807, 2.05) is 24.3 Å². The lowest BCUT2D eigenvalue weighted by atomic mass is 10.1. The molecule has 1 aromatic heterocycles. The number of aromatic nitrogens is 1. The van der Waals surface area contributed by atoms with E-state index in [1.165, 1.54) is 12.1 Å². The number of hydrogen-bond acceptors (Lipinski definition) is 4. The summed E-state index contributed by atoms with van der Waals surface area (Å²) in [6.45, 7) is 0.302. The maximum atomic E-state index is 11.7. The van der Waals surface area contributed by atoms with Gasteiger partial charge in [0.1, 0.15) is 6.04 Å². The summed E-state index contributed by atoms with van der Waals surface area (Å²) in [6, 6.07) is 12.8. The molecular formula is C19H20N4O4S2. The highest BCUT2D eigenvalue weighted by molar-refractivity contribution is 7.89. The van der Waals surface area contributed by atoms with Crippen molar-refractivity contribution in [2.75, 3.05) is 0 Å². The standard InChI is InChI=1S/C19H20N4O4S2/c20-29(26,27)14-7-5-12(6-8-14)10-22-19(28)23-17(18(24)25)9-13-11-21-16-4-2-1-3-15(13)16/h1-8,11,17,21H,9-10H2,(H,24,25)(H2,20,26,27)(H2,22,23,28). The van der Waals surface area contributed by atoms with Crippen LogP contribution >= 0.6 is 12.2 Å². The van der Waals surface area contributed by atoms with Crippen LogP contribution in [0.25, 0.3) is 10.9 Å². The number of H-pyrrole nitrogens is 1. The van der Waals surface area contributed by atoms with Crippen molar-refractivity contribution in [3.8, 4) is 0 Å². The number of sulfonamides is 1. The van der Waals surface area contributed by atoms with Crippen LogP contribution in [0.5, 0.6) is 0 Å². The van der Waals surface area contributed by atoms with Crippen LogP contribution < -0.4 is 15.8 Å². The quantitative estimate of drug-likeness (QED) is 0.357. The number of benzene rings is 2. The molecule has 0 bridgehead atoms. The summed E-state index contributed by atoms with van der Waals surface area (Å²) in [4.78, 5) is 14.8. The first-order chi connectivity index (χ1) is 13.7. The summed E-state index contributed by atoms with van der Waals surface area (Å²) in [5, 5.41) is 21.5. The third-order valence-electron chi connectivity index (χ3n) is 4.41. The van der Waals surface area contributed by atoms with Gasteiger partial charge in [-0.2, -0.15) is 0 Å². The normalized spacial score (nSPS) is 12.4. The van der Waals surface area contributed by atoms with Crippen molar-refractivity contribution in [2.24, 2.45) is 5.14 Å². The number of para-hydroxylation sites is 1. The van der Waals surface area contributed by atoms with Gasteiger partial charge in [0.15, 0.2) is 5.11 Å². The van der Waals surface area contributed by atoms with Gasteiger partial charge in [-0.1, -0.05) is 30.3 Å². The Morgan fingerprint density at radius 3 is 2.52 bits per heavy atom. The first kappa shape index (κ1) is 20.8. The third-order valence-corrected chi connectivity index (χ3v) is 5.60. The van der Waals surface area contributed by atoms with Gasteiger partial charge in [-0.25, -0.2) is 18.4 Å². The number of rotatable bonds is 7. The molecule has 0 fully saturated rings. The fraction of sp³-hybridized carbons (Fsp3) is 0.158. The van der Waals surface area contributed by atoms with Crippen molar-refractivity contribution in [1.29, 1.82) is 0 Å². The van der Waals surface area contributed by atoms with E-state index < -0.39 is 22.0 Å². The van der Waals surface area contributed by atoms with Crippen LogP contribution in [0.15, 0.2) is 59.6 Å². The Balaban J connectivity index is 1.60. The zero-order chi connectivity index (χ0) is 21.0. The van der Waals surface area contributed by atoms with Gasteiger partial charge in [-0.3, -0.25) is 0 Å². The molecule has 3 rings (SSSR count). The van der Waals surface area contributed by atoms with Crippen molar-refractivity contribution in [1.82, 2.24) is 15.6 Å². The molecule has 0 amide bonds. The molecular weight excluding hydrogens is 412 g/mol. The number of hydrogen-bond donors (Lipinski definition) is 5. The van der Waals surface area contributed by atoms with E-state index >= 15 is 0 Å². The molecule has 29 heavy (non-hydrogen) atoms. The lowest BCUT2D eigenvalue weighted by molar-refractivity contribution is -0.139. The molecule has 8 nitrogen and oxygen atoms in total. The number of carbonyl (C=O) groups is 1. The van der Waals surface area contributed by atoms with E-state index in [4.69, 9.17) is 17.4 Å². The van der Waals surface area contributed by atoms with E-state index in [1.54, 1.807) is 18.3 Å². The van der Waals surface area contributed by atoms with Crippen LogP contribution in [0.3, 0.4) is 0 Å². The molecule has 1 atom stereocenters. The summed E-state index contributed by atoms with van der Waals surface area (Å²) in [5.41, 5.74) is 2.59. The minimum absolute atomic E-state index is 0.0200. The smallest absolute Gasteiger partial charge is 0.326 e. The zero-order valence-corrected chi connectivity index (χ0v) is 16.9. The average molecular weight is 433 g/mol. The van der Waals surface area contributed by atoms with Crippen LogP contribution in [-0.4, -0.2) is 35.6 Å². The van der Waals surface area contributed by atoms with Crippen molar-refractivity contribution < 1.29 is 18.3 Å². The average Bonchev–Trinajstić information content (AvgIpc) is 3.08. The van der Waals surface area contributed by atoms with Gasteiger partial charge in [-0.05, 0) is 41.5 Å². The Morgan fingerprint density at radius 1 is 1.17 bits per heavy atom. The first-order valence-electron chi connectivity index (χ1n) is 8.68. The summed E-state index contributed by atoms with van der Waals surface area (Å²) in [7, 11) is -3.74. The number of primary sulfonamides is 1. The SMILES string of the molecule is NS(=O)(=O)c1ccc(CNC(=S)NC(Cc2c[nH]c3ccccc23)C(=O)O)cc1. The highest BCUT2D eigenvalue weighted by atomic mass is 32.2. The minimum atomic E-state index is -3.74. The Kier molecular flexibility index (Phi) is 6.16. The second-order valence-electron chi connectivity index (χ2n) is 6.47. The van der Waals surface area contributed by atoms with Gasteiger partial charge in [-0.15, -0.1) is 0 Å². The molecule has 2 aromatic carbocycles. The second-order valence-corrected chi connectivity index (χ2v) is 8.44. The van der Waals surface area contributed by atoms with Crippen molar-refractivity contribution >= 4 is 44.2 Å². The van der Waals surface area contributed by atoms with Gasteiger partial charge < -0.3 is 20.7 Å². The number of carboxylic acid groups (broad SMARTS) is 1. The number of aliphatic carboxylic acids is 1. The van der Waals surface area contributed by atoms with Gasteiger partial charge in [0, 0.05) is 30.1 Å². The molecule has 3 aromatic rings.